The van der Waals surface area contributed by atoms with E-state index in [1.165, 1.54) is 0 Å². The molecule has 1 heterocycles. The number of fused-ring (bicyclic) bond motifs is 1. The van der Waals surface area contributed by atoms with Gasteiger partial charge in [-0.15, -0.1) is 0 Å². The quantitative estimate of drug-likeness (QED) is 0.807. The van der Waals surface area contributed by atoms with Gasteiger partial charge in [0.1, 0.15) is 5.03 Å². The van der Waals surface area contributed by atoms with Crippen molar-refractivity contribution in [1.29, 1.82) is 0 Å². The molecule has 1 N–H and O–H groups in total. The minimum Gasteiger partial charge on any atom is -0.348 e. The molecule has 0 fully saturated rings. The van der Waals surface area contributed by atoms with Crippen LogP contribution in [0.25, 0.3) is 10.9 Å². The highest BCUT2D eigenvalue weighted by molar-refractivity contribution is 7.85. The van der Waals surface area contributed by atoms with E-state index in [2.05, 4.69) is 4.98 Å². The Hall–Kier alpha value is -1.09. The number of para-hydroxylation sites is 1. The molecule has 0 radical (unpaired) electrons. The van der Waals surface area contributed by atoms with E-state index in [9.17, 15) is 4.21 Å². The van der Waals surface area contributed by atoms with E-state index in [-0.39, 0.29) is 5.25 Å². The Bertz CT molecular complexity index is 440. The summed E-state index contributed by atoms with van der Waals surface area (Å²) in [6, 6.07) is 9.94. The van der Waals surface area contributed by atoms with Crippen molar-refractivity contribution in [3.63, 3.8) is 0 Å². The fraction of sp³-hybridized carbons (Fsp3) is 0.273. The summed E-state index contributed by atoms with van der Waals surface area (Å²) in [6.07, 6.45) is 0. The highest BCUT2D eigenvalue weighted by Gasteiger charge is 2.10. The first-order valence-electron chi connectivity index (χ1n) is 4.67. The summed E-state index contributed by atoms with van der Waals surface area (Å²) in [5, 5.41) is 2.10. The molecular formula is C11H13NOS. The van der Waals surface area contributed by atoms with Gasteiger partial charge in [0, 0.05) is 16.2 Å². The molecule has 0 bridgehead atoms. The fourth-order valence-corrected chi connectivity index (χ4v) is 2.37. The lowest BCUT2D eigenvalue weighted by Crippen LogP contribution is -2.05. The smallest absolute Gasteiger partial charge is 0.105 e. The fourth-order valence-electron chi connectivity index (χ4n) is 1.41. The zero-order valence-electron chi connectivity index (χ0n) is 8.28. The van der Waals surface area contributed by atoms with Crippen molar-refractivity contribution in [2.24, 2.45) is 0 Å². The molecule has 0 aliphatic heterocycles. The third-order valence-electron chi connectivity index (χ3n) is 2.15. The maximum absolute atomic E-state index is 11.8. The standard InChI is InChI=1S/C11H13NOS/c1-8(2)14(13)11-7-9-5-3-4-6-10(9)12-11/h3-8,12H,1-2H3. The van der Waals surface area contributed by atoms with Crippen molar-refractivity contribution < 1.29 is 4.21 Å². The second-order valence-corrected chi connectivity index (χ2v) is 5.54. The zero-order chi connectivity index (χ0) is 10.1. The number of H-pyrrole nitrogens is 1. The molecule has 1 aromatic carbocycles. The highest BCUT2D eigenvalue weighted by atomic mass is 32.2. The van der Waals surface area contributed by atoms with Crippen molar-refractivity contribution in [1.82, 2.24) is 4.98 Å². The summed E-state index contributed by atoms with van der Waals surface area (Å²) in [5.74, 6) is 0. The number of aromatic nitrogens is 1. The van der Waals surface area contributed by atoms with Gasteiger partial charge in [0.25, 0.3) is 0 Å². The van der Waals surface area contributed by atoms with Gasteiger partial charge in [-0.2, -0.15) is 0 Å². The lowest BCUT2D eigenvalue weighted by molar-refractivity contribution is 0.674. The summed E-state index contributed by atoms with van der Waals surface area (Å²) < 4.78 is 11.8. The monoisotopic (exact) mass is 207 g/mol. The minimum atomic E-state index is -0.923. The van der Waals surface area contributed by atoms with Gasteiger partial charge in [0.15, 0.2) is 0 Å². The second kappa shape index (κ2) is 3.58. The van der Waals surface area contributed by atoms with E-state index in [4.69, 9.17) is 0 Å². The van der Waals surface area contributed by atoms with Crippen LogP contribution in [0.4, 0.5) is 0 Å². The second-order valence-electron chi connectivity index (χ2n) is 3.57. The number of hydrogen-bond acceptors (Lipinski definition) is 1. The Kier molecular flexibility index (Phi) is 2.42. The van der Waals surface area contributed by atoms with E-state index < -0.39 is 10.8 Å². The maximum Gasteiger partial charge on any atom is 0.105 e. The van der Waals surface area contributed by atoms with Crippen LogP contribution in [0.2, 0.25) is 0 Å². The van der Waals surface area contributed by atoms with Crippen LogP contribution in [-0.4, -0.2) is 14.4 Å². The van der Waals surface area contributed by atoms with Crippen molar-refractivity contribution in [3.8, 4) is 0 Å². The van der Waals surface area contributed by atoms with Gasteiger partial charge in [0.2, 0.25) is 0 Å². The van der Waals surface area contributed by atoms with E-state index >= 15 is 0 Å². The molecule has 1 atom stereocenters. The third kappa shape index (κ3) is 1.60. The number of benzene rings is 1. The summed E-state index contributed by atoms with van der Waals surface area (Å²) in [6.45, 7) is 3.92. The largest absolute Gasteiger partial charge is 0.348 e. The van der Waals surface area contributed by atoms with Crippen LogP contribution in [0.1, 0.15) is 13.8 Å². The Morgan fingerprint density at radius 3 is 2.64 bits per heavy atom. The van der Waals surface area contributed by atoms with E-state index in [0.29, 0.717) is 0 Å². The summed E-state index contributed by atoms with van der Waals surface area (Å²) in [5.41, 5.74) is 1.05. The molecule has 2 nitrogen and oxygen atoms in total. The Morgan fingerprint density at radius 2 is 2.00 bits per heavy atom. The van der Waals surface area contributed by atoms with Gasteiger partial charge >= 0.3 is 0 Å². The van der Waals surface area contributed by atoms with Gasteiger partial charge in [0.05, 0.1) is 10.8 Å². The molecule has 0 spiro atoms. The normalized spacial score (nSPS) is 13.6. The summed E-state index contributed by atoms with van der Waals surface area (Å²) in [4.78, 5) is 3.18. The predicted molar refractivity (Wildman–Crippen MR) is 59.8 cm³/mol. The minimum absolute atomic E-state index is 0.156. The van der Waals surface area contributed by atoms with Crippen LogP contribution in [0.3, 0.4) is 0 Å². The molecule has 2 rings (SSSR count). The first-order chi connectivity index (χ1) is 6.68. The summed E-state index contributed by atoms with van der Waals surface area (Å²) in [7, 11) is -0.923. The zero-order valence-corrected chi connectivity index (χ0v) is 9.10. The average molecular weight is 207 g/mol. The molecule has 0 saturated heterocycles. The van der Waals surface area contributed by atoms with Crippen LogP contribution in [0.15, 0.2) is 35.4 Å². The Labute approximate surface area is 85.8 Å². The molecule has 14 heavy (non-hydrogen) atoms. The summed E-state index contributed by atoms with van der Waals surface area (Å²) >= 11 is 0. The first-order valence-corrected chi connectivity index (χ1v) is 5.88. The van der Waals surface area contributed by atoms with E-state index in [0.717, 1.165) is 15.9 Å². The molecule has 0 aliphatic carbocycles. The number of rotatable bonds is 2. The third-order valence-corrected chi connectivity index (χ3v) is 3.66. The molecule has 74 valence electrons. The highest BCUT2D eigenvalue weighted by Crippen LogP contribution is 2.18. The van der Waals surface area contributed by atoms with Gasteiger partial charge in [-0.25, -0.2) is 0 Å². The van der Waals surface area contributed by atoms with Crippen LogP contribution < -0.4 is 0 Å². The SMILES string of the molecule is CC(C)S(=O)c1cc2ccccc2[nH]1. The average Bonchev–Trinajstić information content (AvgIpc) is 2.59. The molecule has 0 amide bonds. The molecule has 2 aromatic rings. The molecule has 0 aliphatic rings. The van der Waals surface area contributed by atoms with Crippen molar-refractivity contribution in [2.45, 2.75) is 24.1 Å². The van der Waals surface area contributed by atoms with Gasteiger partial charge in [-0.1, -0.05) is 32.0 Å². The van der Waals surface area contributed by atoms with Crippen molar-refractivity contribution in [2.75, 3.05) is 0 Å². The Morgan fingerprint density at radius 1 is 1.29 bits per heavy atom. The van der Waals surface area contributed by atoms with Crippen molar-refractivity contribution in [3.05, 3.63) is 30.3 Å². The lowest BCUT2D eigenvalue weighted by Gasteiger charge is -2.00. The van der Waals surface area contributed by atoms with E-state index in [1.54, 1.807) is 0 Å². The first kappa shape index (κ1) is 9.46. The van der Waals surface area contributed by atoms with Gasteiger partial charge < -0.3 is 4.98 Å². The molecule has 1 unspecified atom stereocenters. The molecule has 3 heteroatoms. The van der Waals surface area contributed by atoms with E-state index in [1.807, 2.05) is 44.2 Å². The number of nitrogens with one attached hydrogen (secondary N) is 1. The van der Waals surface area contributed by atoms with Gasteiger partial charge in [-0.3, -0.25) is 4.21 Å². The van der Waals surface area contributed by atoms with Crippen molar-refractivity contribution >= 4 is 21.7 Å². The van der Waals surface area contributed by atoms with Crippen LogP contribution in [-0.2, 0) is 10.8 Å². The molecule has 1 aromatic heterocycles. The van der Waals surface area contributed by atoms with Crippen LogP contribution in [0.5, 0.6) is 0 Å². The Balaban J connectivity index is 2.50. The van der Waals surface area contributed by atoms with Crippen LogP contribution in [0, 0.1) is 0 Å². The number of hydrogen-bond donors (Lipinski definition) is 1. The lowest BCUT2D eigenvalue weighted by atomic mass is 10.3. The van der Waals surface area contributed by atoms with Crippen LogP contribution >= 0.6 is 0 Å². The molecule has 0 saturated carbocycles. The van der Waals surface area contributed by atoms with Gasteiger partial charge in [-0.05, 0) is 12.1 Å². The topological polar surface area (TPSA) is 32.9 Å². The maximum atomic E-state index is 11.8. The number of aromatic amines is 1. The molecular weight excluding hydrogens is 194 g/mol. The predicted octanol–water partition coefficient (Wildman–Crippen LogP) is 2.68.